The van der Waals surface area contributed by atoms with Crippen molar-refractivity contribution in [1.29, 1.82) is 0 Å². The lowest BCUT2D eigenvalue weighted by Gasteiger charge is -2.36. The second-order valence-electron chi connectivity index (χ2n) is 5.38. The average Bonchev–Trinajstić information content (AvgIpc) is 2.82. The molecule has 0 saturated heterocycles. The Kier molecular flexibility index (Phi) is 7.84. The van der Waals surface area contributed by atoms with Crippen LogP contribution in [-0.2, 0) is 0 Å². The zero-order valence-corrected chi connectivity index (χ0v) is 12.6. The first-order valence-corrected chi connectivity index (χ1v) is 7.85. The molecule has 1 aliphatic rings. The molecule has 0 saturated carbocycles. The van der Waals surface area contributed by atoms with Crippen LogP contribution < -0.4 is 5.32 Å². The van der Waals surface area contributed by atoms with Crippen LogP contribution in [0.5, 0.6) is 0 Å². The number of aliphatic hydroxyl groups is 1. The van der Waals surface area contributed by atoms with Crippen molar-refractivity contribution in [2.24, 2.45) is 0 Å². The van der Waals surface area contributed by atoms with E-state index in [2.05, 4.69) is 43.7 Å². The van der Waals surface area contributed by atoms with Crippen molar-refractivity contribution < 1.29 is 9.59 Å². The summed E-state index contributed by atoms with van der Waals surface area (Å²) in [6.45, 7) is 6.52. The van der Waals surface area contributed by atoms with Crippen LogP contribution in [0.15, 0.2) is 24.6 Å². The number of nitrogens with one attached hydrogen (secondary N) is 1. The van der Waals surface area contributed by atoms with Crippen LogP contribution in [0.25, 0.3) is 0 Å². The van der Waals surface area contributed by atoms with E-state index in [1.54, 1.807) is 0 Å². The Hall–Kier alpha value is -0.800. The maximum atomic E-state index is 9.25. The van der Waals surface area contributed by atoms with Gasteiger partial charge in [0.25, 0.3) is 0 Å². The molecule has 0 fully saturated rings. The van der Waals surface area contributed by atoms with Crippen LogP contribution in [-0.4, -0.2) is 35.5 Å². The van der Waals surface area contributed by atoms with Crippen LogP contribution in [0.3, 0.4) is 0 Å². The summed E-state index contributed by atoms with van der Waals surface area (Å²) >= 11 is 0. The fraction of sp³-hybridized carbons (Fsp3) is 0.750. The number of hydrogen-bond acceptors (Lipinski definition) is 2. The second kappa shape index (κ2) is 9.16. The predicted octanol–water partition coefficient (Wildman–Crippen LogP) is 3.13. The molecule has 1 rings (SSSR count). The first-order chi connectivity index (χ1) is 9.29. The van der Waals surface area contributed by atoms with E-state index < -0.39 is 0 Å². The number of hydrogen-bond donors (Lipinski definition) is 2. The van der Waals surface area contributed by atoms with Crippen LogP contribution in [0, 0.1) is 0 Å². The minimum absolute atomic E-state index is 0.262. The molecule has 3 heteroatoms. The van der Waals surface area contributed by atoms with Gasteiger partial charge >= 0.3 is 0 Å². The van der Waals surface area contributed by atoms with E-state index >= 15 is 0 Å². The molecule has 0 radical (unpaired) electrons. The van der Waals surface area contributed by atoms with Gasteiger partial charge in [0.05, 0.1) is 19.4 Å². The Balaban J connectivity index is 2.23. The molecule has 1 aliphatic heterocycles. The predicted molar refractivity (Wildman–Crippen MR) is 81.3 cm³/mol. The molecule has 1 heterocycles. The molecule has 0 aromatic rings. The van der Waals surface area contributed by atoms with E-state index in [0.29, 0.717) is 6.17 Å². The van der Waals surface area contributed by atoms with Gasteiger partial charge in [0.2, 0.25) is 0 Å². The third-order valence-electron chi connectivity index (χ3n) is 4.14. The molecule has 2 N–H and O–H groups in total. The normalized spacial score (nSPS) is 26.2. The van der Waals surface area contributed by atoms with Crippen LogP contribution in [0.2, 0.25) is 0 Å². The largest absolute Gasteiger partial charge is 0.390 e. The summed E-state index contributed by atoms with van der Waals surface area (Å²) in [6.07, 6.45) is 16.7. The highest BCUT2D eigenvalue weighted by atomic mass is 16.3. The summed E-state index contributed by atoms with van der Waals surface area (Å²) in [4.78, 5) is 0. The Morgan fingerprint density at radius 3 is 2.74 bits per heavy atom. The van der Waals surface area contributed by atoms with Gasteiger partial charge in [-0.3, -0.25) is 4.48 Å². The summed E-state index contributed by atoms with van der Waals surface area (Å²) < 4.78 is 0.895. The van der Waals surface area contributed by atoms with Crippen molar-refractivity contribution in [3.63, 3.8) is 0 Å². The molecule has 0 aliphatic carbocycles. The van der Waals surface area contributed by atoms with E-state index in [1.165, 1.54) is 32.1 Å². The Bertz CT molecular complexity index is 288. The first-order valence-electron chi connectivity index (χ1n) is 7.85. The molecule has 3 nitrogen and oxygen atoms in total. The van der Waals surface area contributed by atoms with E-state index in [1.807, 2.05) is 0 Å². The summed E-state index contributed by atoms with van der Waals surface area (Å²) in [7, 11) is 0. The van der Waals surface area contributed by atoms with Crippen LogP contribution in [0.1, 0.15) is 52.4 Å². The summed E-state index contributed by atoms with van der Waals surface area (Å²) in [5.74, 6) is 0. The molecular weight excluding hydrogens is 236 g/mol. The lowest BCUT2D eigenvalue weighted by Crippen LogP contribution is -2.54. The van der Waals surface area contributed by atoms with Gasteiger partial charge in [0, 0.05) is 6.42 Å². The molecule has 0 aromatic carbocycles. The van der Waals surface area contributed by atoms with Gasteiger partial charge in [-0.2, -0.15) is 0 Å². The molecule has 0 bridgehead atoms. The summed E-state index contributed by atoms with van der Waals surface area (Å²) in [5, 5.41) is 12.7. The van der Waals surface area contributed by atoms with Gasteiger partial charge in [0.15, 0.2) is 6.17 Å². The first kappa shape index (κ1) is 16.3. The number of quaternary nitrogens is 1. The number of rotatable bonds is 10. The van der Waals surface area contributed by atoms with Crippen LogP contribution >= 0.6 is 0 Å². The van der Waals surface area contributed by atoms with E-state index in [9.17, 15) is 5.11 Å². The average molecular weight is 267 g/mol. The SMILES string of the molecule is CC/C=C/CCCCCC1NC=C[N+]1(CC)CCO. The van der Waals surface area contributed by atoms with Gasteiger partial charge in [-0.1, -0.05) is 25.5 Å². The molecule has 19 heavy (non-hydrogen) atoms. The Morgan fingerprint density at radius 1 is 1.21 bits per heavy atom. The van der Waals surface area contributed by atoms with Gasteiger partial charge in [0.1, 0.15) is 12.7 Å². The van der Waals surface area contributed by atoms with Crippen molar-refractivity contribution in [2.75, 3.05) is 19.7 Å². The summed E-state index contributed by atoms with van der Waals surface area (Å²) in [5.41, 5.74) is 0. The van der Waals surface area contributed by atoms with Crippen molar-refractivity contribution in [3.05, 3.63) is 24.6 Å². The number of likely N-dealkylation sites (N-methyl/N-ethyl adjacent to an activating group) is 1. The van der Waals surface area contributed by atoms with Crippen LogP contribution in [0.4, 0.5) is 0 Å². The third kappa shape index (κ3) is 5.00. The highest BCUT2D eigenvalue weighted by molar-refractivity contribution is 4.84. The van der Waals surface area contributed by atoms with Gasteiger partial charge < -0.3 is 10.4 Å². The molecule has 0 aromatic heterocycles. The van der Waals surface area contributed by atoms with Crippen molar-refractivity contribution in [3.8, 4) is 0 Å². The fourth-order valence-electron chi connectivity index (χ4n) is 2.86. The Morgan fingerprint density at radius 2 is 2.05 bits per heavy atom. The Labute approximate surface area is 118 Å². The molecule has 0 amide bonds. The van der Waals surface area contributed by atoms with Crippen molar-refractivity contribution in [1.82, 2.24) is 5.32 Å². The standard InChI is InChI=1S/C16H31N2O/c1-3-5-6-7-8-9-10-11-16-17-12-13-18(16,4-2)14-15-19/h5-6,12-13,16-17,19H,3-4,7-11,14-15H2,1-2H3/q+1/b6-5+. The minimum atomic E-state index is 0.262. The maximum Gasteiger partial charge on any atom is 0.166 e. The van der Waals surface area contributed by atoms with E-state index in [-0.39, 0.29) is 6.61 Å². The van der Waals surface area contributed by atoms with Gasteiger partial charge in [-0.05, 0) is 32.6 Å². The monoisotopic (exact) mass is 267 g/mol. The molecule has 2 unspecified atom stereocenters. The number of unbranched alkanes of at least 4 members (excludes halogenated alkanes) is 3. The number of nitrogens with zero attached hydrogens (tertiary/aromatic N) is 1. The topological polar surface area (TPSA) is 32.3 Å². The highest BCUT2D eigenvalue weighted by Gasteiger charge is 2.35. The smallest absolute Gasteiger partial charge is 0.166 e. The quantitative estimate of drug-likeness (QED) is 0.362. The van der Waals surface area contributed by atoms with Crippen molar-refractivity contribution in [2.45, 2.75) is 58.5 Å². The molecular formula is C16H31N2O+. The van der Waals surface area contributed by atoms with E-state index in [4.69, 9.17) is 0 Å². The van der Waals surface area contributed by atoms with Crippen molar-refractivity contribution >= 4 is 0 Å². The van der Waals surface area contributed by atoms with Gasteiger partial charge in [-0.15, -0.1) is 0 Å². The molecule has 0 spiro atoms. The third-order valence-corrected chi connectivity index (χ3v) is 4.14. The second-order valence-corrected chi connectivity index (χ2v) is 5.38. The fourth-order valence-corrected chi connectivity index (χ4v) is 2.86. The number of allylic oxidation sites excluding steroid dienone is 2. The highest BCUT2D eigenvalue weighted by Crippen LogP contribution is 2.22. The summed E-state index contributed by atoms with van der Waals surface area (Å²) in [6, 6.07) is 0. The lowest BCUT2D eigenvalue weighted by atomic mass is 10.1. The van der Waals surface area contributed by atoms with Gasteiger partial charge in [-0.25, -0.2) is 0 Å². The minimum Gasteiger partial charge on any atom is -0.390 e. The van der Waals surface area contributed by atoms with E-state index in [0.717, 1.165) is 24.0 Å². The maximum absolute atomic E-state index is 9.25. The molecule has 110 valence electrons. The molecule has 2 atom stereocenters. The lowest BCUT2D eigenvalue weighted by molar-refractivity contribution is -0.900. The zero-order valence-electron chi connectivity index (χ0n) is 12.6. The number of aliphatic hydroxyl groups excluding tert-OH is 1. The zero-order chi connectivity index (χ0) is 14.0.